The number of carbonyl (C=O) groups is 1. The van der Waals surface area contributed by atoms with Gasteiger partial charge in [-0.2, -0.15) is 0 Å². The molecule has 1 aromatic carbocycles. The molecule has 0 aliphatic carbocycles. The maximum absolute atomic E-state index is 12.3. The number of methoxy groups -OCH3 is 1. The van der Waals surface area contributed by atoms with Crippen molar-refractivity contribution in [2.75, 3.05) is 25.7 Å². The molecule has 21 heavy (non-hydrogen) atoms. The Hall–Kier alpha value is -1.27. The van der Waals surface area contributed by atoms with Crippen LogP contribution in [0.4, 0.5) is 0 Å². The zero-order valence-electron chi connectivity index (χ0n) is 12.0. The van der Waals surface area contributed by atoms with Gasteiger partial charge in [0.15, 0.2) is 9.84 Å². The van der Waals surface area contributed by atoms with Gasteiger partial charge < -0.3 is 9.64 Å². The Balaban J connectivity index is 2.09. The molecule has 0 unspecified atom stereocenters. The van der Waals surface area contributed by atoms with Crippen molar-refractivity contribution in [3.63, 3.8) is 0 Å². The molecule has 1 saturated heterocycles. The van der Waals surface area contributed by atoms with Crippen molar-refractivity contribution in [1.29, 1.82) is 0 Å². The Morgan fingerprint density at radius 3 is 2.76 bits per heavy atom. The molecule has 0 N–H and O–H groups in total. The number of hydrogen-bond acceptors (Lipinski definition) is 4. The minimum absolute atomic E-state index is 0.0527. The first-order valence-corrected chi connectivity index (χ1v) is 8.80. The van der Waals surface area contributed by atoms with Crippen LogP contribution in [0.1, 0.15) is 12.0 Å². The highest BCUT2D eigenvalue weighted by Crippen LogP contribution is 2.25. The second-order valence-electron chi connectivity index (χ2n) is 5.25. The molecule has 116 valence electrons. The molecule has 0 aromatic heterocycles. The number of ether oxygens (including phenoxy) is 1. The van der Waals surface area contributed by atoms with E-state index in [2.05, 4.69) is 0 Å². The van der Waals surface area contributed by atoms with Crippen molar-refractivity contribution in [3.8, 4) is 5.75 Å². The van der Waals surface area contributed by atoms with Crippen molar-refractivity contribution < 1.29 is 17.9 Å². The summed E-state index contributed by atoms with van der Waals surface area (Å²) in [6.07, 6.45) is 0.401. The third-order valence-corrected chi connectivity index (χ3v) is 5.61. The van der Waals surface area contributed by atoms with Crippen molar-refractivity contribution in [2.24, 2.45) is 5.92 Å². The quantitative estimate of drug-likeness (QED) is 0.843. The van der Waals surface area contributed by atoms with Crippen molar-refractivity contribution in [1.82, 2.24) is 4.90 Å². The van der Waals surface area contributed by atoms with Gasteiger partial charge in [-0.05, 0) is 24.6 Å². The summed E-state index contributed by atoms with van der Waals surface area (Å²) >= 11 is 5.96. The molecular formula is C14H18ClNO4S. The highest BCUT2D eigenvalue weighted by Gasteiger charge is 2.34. The SMILES string of the molecule is COc1ccc(Cl)cc1CN(C)C(=O)[C@@H]1CCS(=O)(=O)C1. The number of rotatable bonds is 4. The van der Waals surface area contributed by atoms with Gasteiger partial charge in [0.2, 0.25) is 5.91 Å². The lowest BCUT2D eigenvalue weighted by atomic mass is 10.1. The fourth-order valence-electron chi connectivity index (χ4n) is 2.51. The van der Waals surface area contributed by atoms with Gasteiger partial charge in [0, 0.05) is 24.2 Å². The van der Waals surface area contributed by atoms with Gasteiger partial charge in [-0.3, -0.25) is 4.79 Å². The molecule has 1 aliphatic rings. The average molecular weight is 332 g/mol. The van der Waals surface area contributed by atoms with Gasteiger partial charge in [-0.1, -0.05) is 11.6 Å². The third kappa shape index (κ3) is 3.89. The van der Waals surface area contributed by atoms with E-state index in [1.165, 1.54) is 4.90 Å². The monoisotopic (exact) mass is 331 g/mol. The molecule has 7 heteroatoms. The van der Waals surface area contributed by atoms with E-state index >= 15 is 0 Å². The van der Waals surface area contributed by atoms with E-state index in [1.54, 1.807) is 32.4 Å². The predicted octanol–water partition coefficient (Wildman–Crippen LogP) is 1.74. The number of hydrogen-bond donors (Lipinski definition) is 0. The van der Waals surface area contributed by atoms with E-state index < -0.39 is 15.8 Å². The first kappa shape index (κ1) is 16.1. The molecule has 0 radical (unpaired) electrons. The van der Waals surface area contributed by atoms with Crippen molar-refractivity contribution in [3.05, 3.63) is 28.8 Å². The Kier molecular flexibility index (Phi) is 4.78. The maximum Gasteiger partial charge on any atom is 0.226 e. The molecule has 5 nitrogen and oxygen atoms in total. The number of amides is 1. The van der Waals surface area contributed by atoms with E-state index in [-0.39, 0.29) is 17.4 Å². The number of carbonyl (C=O) groups excluding carboxylic acids is 1. The molecule has 0 saturated carbocycles. The number of nitrogens with zero attached hydrogens (tertiary/aromatic N) is 1. The van der Waals surface area contributed by atoms with Crippen molar-refractivity contribution in [2.45, 2.75) is 13.0 Å². The lowest BCUT2D eigenvalue weighted by Crippen LogP contribution is -2.33. The van der Waals surface area contributed by atoms with Crippen LogP contribution in [0, 0.1) is 5.92 Å². The highest BCUT2D eigenvalue weighted by atomic mass is 35.5. The normalized spacial score (nSPS) is 20.2. The number of benzene rings is 1. The first-order chi connectivity index (χ1) is 9.82. The Bertz CT molecular complexity index is 644. The Labute approximate surface area is 129 Å². The summed E-state index contributed by atoms with van der Waals surface area (Å²) in [6, 6.07) is 5.21. The maximum atomic E-state index is 12.3. The number of halogens is 1. The van der Waals surface area contributed by atoms with Gasteiger partial charge in [0.1, 0.15) is 5.75 Å². The van der Waals surface area contributed by atoms with Crippen LogP contribution in [0.25, 0.3) is 0 Å². The standard InChI is InChI=1S/C14H18ClNO4S/c1-16(14(17)10-5-6-21(18,19)9-10)8-11-7-12(15)3-4-13(11)20-2/h3-4,7,10H,5-6,8-9H2,1-2H3/t10-/m1/s1. The van der Waals surface area contributed by atoms with Crippen LogP contribution >= 0.6 is 11.6 Å². The Morgan fingerprint density at radius 1 is 1.48 bits per heavy atom. The summed E-state index contributed by atoms with van der Waals surface area (Å²) in [5, 5.41) is 0.565. The molecule has 1 heterocycles. The van der Waals surface area contributed by atoms with E-state index in [1.807, 2.05) is 0 Å². The summed E-state index contributed by atoms with van der Waals surface area (Å²) in [7, 11) is 0.154. The van der Waals surface area contributed by atoms with E-state index in [0.717, 1.165) is 5.56 Å². The topological polar surface area (TPSA) is 63.7 Å². The second kappa shape index (κ2) is 6.23. The summed E-state index contributed by atoms with van der Waals surface area (Å²) < 4.78 is 28.2. The smallest absolute Gasteiger partial charge is 0.226 e. The molecule has 1 atom stereocenters. The lowest BCUT2D eigenvalue weighted by molar-refractivity contribution is -0.133. The first-order valence-electron chi connectivity index (χ1n) is 6.60. The molecule has 1 aromatic rings. The van der Waals surface area contributed by atoms with E-state index in [9.17, 15) is 13.2 Å². The van der Waals surface area contributed by atoms with Crippen LogP contribution in [-0.2, 0) is 21.2 Å². The molecular weight excluding hydrogens is 314 g/mol. The van der Waals surface area contributed by atoms with Gasteiger partial charge in [-0.15, -0.1) is 0 Å². The minimum Gasteiger partial charge on any atom is -0.496 e. The van der Waals surface area contributed by atoms with Crippen LogP contribution in [0.2, 0.25) is 5.02 Å². The average Bonchev–Trinajstić information content (AvgIpc) is 2.78. The molecule has 1 aliphatic heterocycles. The highest BCUT2D eigenvalue weighted by molar-refractivity contribution is 7.91. The van der Waals surface area contributed by atoms with Gasteiger partial charge in [0.25, 0.3) is 0 Å². The van der Waals surface area contributed by atoms with Gasteiger partial charge in [-0.25, -0.2) is 8.42 Å². The summed E-state index contributed by atoms with van der Waals surface area (Å²) in [5.74, 6) is 0.0991. The lowest BCUT2D eigenvalue weighted by Gasteiger charge is -2.21. The summed E-state index contributed by atoms with van der Waals surface area (Å²) in [6.45, 7) is 0.332. The molecule has 1 fully saturated rings. The summed E-state index contributed by atoms with van der Waals surface area (Å²) in [5.41, 5.74) is 0.793. The van der Waals surface area contributed by atoms with E-state index in [4.69, 9.17) is 16.3 Å². The zero-order chi connectivity index (χ0) is 15.6. The number of sulfone groups is 1. The minimum atomic E-state index is -3.06. The third-order valence-electron chi connectivity index (χ3n) is 3.61. The molecule has 1 amide bonds. The molecule has 0 spiro atoms. The van der Waals surface area contributed by atoms with Crippen LogP contribution in [0.15, 0.2) is 18.2 Å². The zero-order valence-corrected chi connectivity index (χ0v) is 13.6. The predicted molar refractivity (Wildman–Crippen MR) is 81.2 cm³/mol. The largest absolute Gasteiger partial charge is 0.496 e. The molecule has 2 rings (SSSR count). The van der Waals surface area contributed by atoms with Crippen LogP contribution in [-0.4, -0.2) is 44.9 Å². The van der Waals surface area contributed by atoms with Crippen LogP contribution in [0.3, 0.4) is 0 Å². The molecule has 0 bridgehead atoms. The van der Waals surface area contributed by atoms with Gasteiger partial charge in [0.05, 0.1) is 24.5 Å². The van der Waals surface area contributed by atoms with Crippen LogP contribution in [0.5, 0.6) is 5.75 Å². The van der Waals surface area contributed by atoms with Gasteiger partial charge >= 0.3 is 0 Å². The Morgan fingerprint density at radius 2 is 2.19 bits per heavy atom. The summed E-state index contributed by atoms with van der Waals surface area (Å²) in [4.78, 5) is 13.8. The fraction of sp³-hybridized carbons (Fsp3) is 0.500. The van der Waals surface area contributed by atoms with Crippen molar-refractivity contribution >= 4 is 27.3 Å². The van der Waals surface area contributed by atoms with E-state index in [0.29, 0.717) is 23.7 Å². The van der Waals surface area contributed by atoms with Crippen LogP contribution < -0.4 is 4.74 Å². The second-order valence-corrected chi connectivity index (χ2v) is 7.92. The fourth-order valence-corrected chi connectivity index (χ4v) is 4.43.